The number of hydrogen-bond acceptors (Lipinski definition) is 7. The zero-order valence-corrected chi connectivity index (χ0v) is 21.7. The zero-order valence-electron chi connectivity index (χ0n) is 21.7. The van der Waals surface area contributed by atoms with E-state index in [1.807, 2.05) is 33.7 Å². The van der Waals surface area contributed by atoms with Crippen LogP contribution in [0.3, 0.4) is 0 Å². The molecule has 2 saturated heterocycles. The van der Waals surface area contributed by atoms with Gasteiger partial charge in [-0.3, -0.25) is 18.7 Å². The van der Waals surface area contributed by atoms with Gasteiger partial charge in [-0.25, -0.2) is 14.8 Å². The summed E-state index contributed by atoms with van der Waals surface area (Å²) < 4.78 is 12.2. The molecule has 0 aliphatic carbocycles. The van der Waals surface area contributed by atoms with Crippen molar-refractivity contribution in [2.45, 2.75) is 50.0 Å². The predicted octanol–water partition coefficient (Wildman–Crippen LogP) is 0.557. The number of carbonyl (C=O) groups is 1. The van der Waals surface area contributed by atoms with Crippen LogP contribution in [0.4, 0.5) is 0 Å². The molecule has 2 atom stereocenters. The maximum absolute atomic E-state index is 13.1. The van der Waals surface area contributed by atoms with Crippen molar-refractivity contribution in [2.75, 3.05) is 19.7 Å². The average Bonchev–Trinajstić information content (AvgIpc) is 3.53. The number of fused-ring (bicyclic) bond motifs is 2. The number of aromatic nitrogens is 6. The molecular weight excluding hydrogens is 490 g/mol. The minimum atomic E-state index is -1.26. The second-order valence-electron chi connectivity index (χ2n) is 10.8. The van der Waals surface area contributed by atoms with Crippen LogP contribution < -0.4 is 11.2 Å². The lowest BCUT2D eigenvalue weighted by atomic mass is 9.77. The van der Waals surface area contributed by atoms with Gasteiger partial charge in [0.15, 0.2) is 11.2 Å². The summed E-state index contributed by atoms with van der Waals surface area (Å²) in [5.41, 5.74) is -0.381. The maximum atomic E-state index is 13.1. The number of rotatable bonds is 3. The summed E-state index contributed by atoms with van der Waals surface area (Å²) in [5, 5.41) is 11.3. The number of benzene rings is 1. The van der Waals surface area contributed by atoms with Crippen LogP contribution in [0.5, 0.6) is 0 Å². The van der Waals surface area contributed by atoms with Gasteiger partial charge in [-0.05, 0) is 31.9 Å². The number of carbonyl (C=O) groups excluding carboxylic acids is 1. The standard InChI is InChI=1S/C26H31N7O5/c1-25(37)14-38-26(12-19(25)33-16-28-22-21(33)23(35)30(3)24(36)29(22)2)8-10-31(11-9-26)20(34)13-32-15-27-17-6-4-5-7-18(17)32/h4-7,15-16,19,37H,8-14H2,1-3H3/t19-,25-/m0/s1. The molecule has 12 nitrogen and oxygen atoms in total. The molecule has 3 aromatic heterocycles. The average molecular weight is 522 g/mol. The first-order valence-corrected chi connectivity index (χ1v) is 12.8. The number of imidazole rings is 2. The van der Waals surface area contributed by atoms with E-state index < -0.39 is 28.5 Å². The van der Waals surface area contributed by atoms with Crippen LogP contribution in [0.15, 0.2) is 46.5 Å². The van der Waals surface area contributed by atoms with Crippen molar-refractivity contribution in [3.05, 3.63) is 57.8 Å². The van der Waals surface area contributed by atoms with Gasteiger partial charge in [-0.1, -0.05) is 12.1 Å². The molecule has 6 rings (SSSR count). The lowest BCUT2D eigenvalue weighted by Gasteiger charge is -2.51. The third-order valence-corrected chi connectivity index (χ3v) is 8.32. The van der Waals surface area contributed by atoms with Gasteiger partial charge in [-0.2, -0.15) is 0 Å². The number of ether oxygens (including phenoxy) is 1. The third kappa shape index (κ3) is 3.78. The molecule has 0 saturated carbocycles. The van der Waals surface area contributed by atoms with Crippen LogP contribution in [0, 0.1) is 0 Å². The van der Waals surface area contributed by atoms with Gasteiger partial charge in [0.05, 0.1) is 41.9 Å². The summed E-state index contributed by atoms with van der Waals surface area (Å²) in [6, 6.07) is 7.23. The molecule has 2 fully saturated rings. The third-order valence-electron chi connectivity index (χ3n) is 8.32. The number of amides is 1. The second-order valence-corrected chi connectivity index (χ2v) is 10.8. The van der Waals surface area contributed by atoms with Crippen LogP contribution in [0.1, 0.15) is 32.2 Å². The Morgan fingerprint density at radius 1 is 1.11 bits per heavy atom. The number of likely N-dealkylation sites (tertiary alicyclic amines) is 1. The normalized spacial score (nSPS) is 23.5. The number of nitrogens with zero attached hydrogens (tertiary/aromatic N) is 7. The maximum Gasteiger partial charge on any atom is 0.332 e. The first kappa shape index (κ1) is 24.6. The number of piperidine rings is 1. The van der Waals surface area contributed by atoms with E-state index in [9.17, 15) is 19.5 Å². The molecule has 1 spiro atoms. The predicted molar refractivity (Wildman–Crippen MR) is 139 cm³/mol. The molecule has 200 valence electrons. The Labute approximate surface area is 217 Å². The number of aliphatic hydroxyl groups is 1. The van der Waals surface area contributed by atoms with Gasteiger partial charge in [0.1, 0.15) is 12.1 Å². The first-order chi connectivity index (χ1) is 18.1. The Morgan fingerprint density at radius 3 is 2.61 bits per heavy atom. The number of para-hydroxylation sites is 2. The van der Waals surface area contributed by atoms with Gasteiger partial charge in [0.2, 0.25) is 5.91 Å². The van der Waals surface area contributed by atoms with Crippen LogP contribution in [0.25, 0.3) is 22.2 Å². The first-order valence-electron chi connectivity index (χ1n) is 12.8. The molecule has 4 aromatic rings. The molecular formula is C26H31N7O5. The largest absolute Gasteiger partial charge is 0.386 e. The molecule has 0 bridgehead atoms. The highest BCUT2D eigenvalue weighted by Crippen LogP contribution is 2.44. The van der Waals surface area contributed by atoms with Gasteiger partial charge in [-0.15, -0.1) is 0 Å². The van der Waals surface area contributed by atoms with Gasteiger partial charge < -0.3 is 23.9 Å². The minimum Gasteiger partial charge on any atom is -0.386 e. The number of hydrogen-bond donors (Lipinski definition) is 1. The minimum absolute atomic E-state index is 0.0207. The zero-order chi connectivity index (χ0) is 26.8. The molecule has 1 amide bonds. The van der Waals surface area contributed by atoms with Crippen molar-refractivity contribution < 1.29 is 14.6 Å². The highest BCUT2D eigenvalue weighted by molar-refractivity contribution is 5.80. The Kier molecular flexibility index (Phi) is 5.58. The topological polar surface area (TPSA) is 129 Å². The van der Waals surface area contributed by atoms with Crippen LogP contribution >= 0.6 is 0 Å². The molecule has 0 unspecified atom stereocenters. The van der Waals surface area contributed by atoms with Crippen molar-refractivity contribution in [1.82, 2.24) is 33.1 Å². The van der Waals surface area contributed by atoms with Gasteiger partial charge in [0.25, 0.3) is 5.56 Å². The van der Waals surface area contributed by atoms with E-state index in [0.29, 0.717) is 32.4 Å². The van der Waals surface area contributed by atoms with Crippen molar-refractivity contribution in [3.8, 4) is 0 Å². The van der Waals surface area contributed by atoms with E-state index in [2.05, 4.69) is 9.97 Å². The Hall–Kier alpha value is -3.77. The van der Waals surface area contributed by atoms with Crippen LogP contribution in [-0.4, -0.2) is 75.0 Å². The van der Waals surface area contributed by atoms with Gasteiger partial charge >= 0.3 is 5.69 Å². The molecule has 2 aliphatic rings. The summed E-state index contributed by atoms with van der Waals surface area (Å²) >= 11 is 0. The summed E-state index contributed by atoms with van der Waals surface area (Å²) in [6.07, 6.45) is 4.89. The fourth-order valence-corrected chi connectivity index (χ4v) is 5.92. The quantitative estimate of drug-likeness (QED) is 0.417. The lowest BCUT2D eigenvalue weighted by Crippen LogP contribution is -2.57. The van der Waals surface area contributed by atoms with E-state index in [1.54, 1.807) is 24.9 Å². The van der Waals surface area contributed by atoms with E-state index in [-0.39, 0.29) is 30.2 Å². The highest BCUT2D eigenvalue weighted by atomic mass is 16.5. The van der Waals surface area contributed by atoms with Crippen LogP contribution in [0.2, 0.25) is 0 Å². The second kappa shape index (κ2) is 8.63. The summed E-state index contributed by atoms with van der Waals surface area (Å²) in [6.45, 7) is 3.05. The summed E-state index contributed by atoms with van der Waals surface area (Å²) in [5.74, 6) is 0.0207. The van der Waals surface area contributed by atoms with Crippen LogP contribution in [-0.2, 0) is 30.2 Å². The highest BCUT2D eigenvalue weighted by Gasteiger charge is 2.50. The van der Waals surface area contributed by atoms with Gasteiger partial charge in [0, 0.05) is 33.6 Å². The Bertz CT molecular complexity index is 1670. The Morgan fingerprint density at radius 2 is 1.84 bits per heavy atom. The molecule has 5 heterocycles. The molecule has 1 N–H and O–H groups in total. The van der Waals surface area contributed by atoms with E-state index >= 15 is 0 Å². The molecule has 1 aromatic carbocycles. The smallest absolute Gasteiger partial charge is 0.332 e. The number of aryl methyl sites for hydroxylation is 1. The van der Waals surface area contributed by atoms with E-state index in [1.165, 1.54) is 17.9 Å². The molecule has 12 heteroatoms. The SMILES string of the molecule is Cn1c(=O)c2c(ncn2[C@H]2CC3(CCN(C(=O)Cn4cnc5ccccc54)CC3)OC[C@]2(C)O)n(C)c1=O. The lowest BCUT2D eigenvalue weighted by molar-refractivity contribution is -0.201. The monoisotopic (exact) mass is 521 g/mol. The molecule has 0 radical (unpaired) electrons. The summed E-state index contributed by atoms with van der Waals surface area (Å²) in [7, 11) is 3.01. The Balaban J connectivity index is 1.23. The molecule has 38 heavy (non-hydrogen) atoms. The van der Waals surface area contributed by atoms with E-state index in [0.717, 1.165) is 15.6 Å². The van der Waals surface area contributed by atoms with Crippen molar-refractivity contribution >= 4 is 28.1 Å². The molecule has 2 aliphatic heterocycles. The fraction of sp³-hybridized carbons (Fsp3) is 0.500. The summed E-state index contributed by atoms with van der Waals surface area (Å²) in [4.78, 5) is 49.1. The van der Waals surface area contributed by atoms with Crippen molar-refractivity contribution in [2.24, 2.45) is 14.1 Å². The van der Waals surface area contributed by atoms with Crippen molar-refractivity contribution in [3.63, 3.8) is 0 Å². The fourth-order valence-electron chi connectivity index (χ4n) is 5.92. The van der Waals surface area contributed by atoms with Crippen molar-refractivity contribution in [1.29, 1.82) is 0 Å². The van der Waals surface area contributed by atoms with E-state index in [4.69, 9.17) is 4.74 Å².